The molecule has 1 aromatic heterocycles. The number of thioether (sulfide) groups is 1. The molecule has 9 N–H and O–H groups in total. The van der Waals surface area contributed by atoms with E-state index < -0.39 is 47.9 Å². The van der Waals surface area contributed by atoms with E-state index in [9.17, 15) is 24.3 Å². The molecule has 0 spiro atoms. The summed E-state index contributed by atoms with van der Waals surface area (Å²) < 4.78 is 0. The highest BCUT2D eigenvalue weighted by molar-refractivity contribution is 7.98. The van der Waals surface area contributed by atoms with Gasteiger partial charge in [-0.1, -0.05) is 32.0 Å². The van der Waals surface area contributed by atoms with Crippen LogP contribution in [-0.2, 0) is 25.6 Å². The lowest BCUT2D eigenvalue weighted by Gasteiger charge is -2.25. The molecule has 40 heavy (non-hydrogen) atoms. The molecule has 2 rings (SSSR count). The average Bonchev–Trinajstić information content (AvgIpc) is 3.32. The number of aliphatic carboxylic acids is 1. The lowest BCUT2D eigenvalue weighted by molar-refractivity contribution is -0.142. The number of nitrogens with two attached hydrogens (primary N) is 2. The summed E-state index contributed by atoms with van der Waals surface area (Å²) in [5.74, 6) is -2.01. The van der Waals surface area contributed by atoms with Crippen LogP contribution >= 0.6 is 11.8 Å². The highest BCUT2D eigenvalue weighted by Crippen LogP contribution is 2.19. The Balaban J connectivity index is 2.30. The number of carboxylic acids is 1. The number of rotatable bonds is 18. The van der Waals surface area contributed by atoms with E-state index in [0.717, 1.165) is 16.5 Å². The average molecular weight is 577 g/mol. The van der Waals surface area contributed by atoms with Crippen LogP contribution in [0.15, 0.2) is 30.5 Å². The first kappa shape index (κ1) is 33.1. The number of aromatic amines is 1. The second-order valence-electron chi connectivity index (χ2n) is 10.4. The quantitative estimate of drug-likeness (QED) is 0.130. The van der Waals surface area contributed by atoms with Gasteiger partial charge in [0.1, 0.15) is 18.1 Å². The maximum atomic E-state index is 13.5. The number of unbranched alkanes of at least 4 members (excludes halogenated alkanes) is 1. The first-order chi connectivity index (χ1) is 19.1. The zero-order chi connectivity index (χ0) is 29.7. The zero-order valence-electron chi connectivity index (χ0n) is 23.6. The molecule has 0 aliphatic carbocycles. The Bertz CT molecular complexity index is 1120. The van der Waals surface area contributed by atoms with Crippen LogP contribution in [0.3, 0.4) is 0 Å². The Kier molecular flexibility index (Phi) is 14.0. The summed E-state index contributed by atoms with van der Waals surface area (Å²) in [5.41, 5.74) is 13.3. The van der Waals surface area contributed by atoms with Crippen molar-refractivity contribution in [3.63, 3.8) is 0 Å². The van der Waals surface area contributed by atoms with E-state index in [1.54, 1.807) is 6.20 Å². The van der Waals surface area contributed by atoms with Gasteiger partial charge in [-0.15, -0.1) is 0 Å². The molecule has 12 heteroatoms. The number of para-hydroxylation sites is 1. The Labute approximate surface area is 240 Å². The van der Waals surface area contributed by atoms with Crippen molar-refractivity contribution in [2.45, 2.75) is 76.5 Å². The fourth-order valence-corrected chi connectivity index (χ4v) is 4.89. The van der Waals surface area contributed by atoms with Crippen LogP contribution in [0.4, 0.5) is 0 Å². The van der Waals surface area contributed by atoms with Crippen LogP contribution in [-0.4, -0.2) is 76.5 Å². The predicted octanol–water partition coefficient (Wildman–Crippen LogP) is 1.50. The van der Waals surface area contributed by atoms with Crippen molar-refractivity contribution in [2.24, 2.45) is 17.4 Å². The SMILES string of the molecule is CSCCC(NC(=O)C(Cc1c[nH]c2ccccc12)NC(=O)C(CCCCN)NC(=O)C(N)CC(C)C)C(=O)O. The fraction of sp³-hybridized carbons (Fsp3) is 0.571. The Morgan fingerprint density at radius 2 is 1.60 bits per heavy atom. The molecule has 3 amide bonds. The van der Waals surface area contributed by atoms with E-state index in [1.807, 2.05) is 44.4 Å². The van der Waals surface area contributed by atoms with E-state index in [0.29, 0.717) is 38.0 Å². The molecule has 1 heterocycles. The summed E-state index contributed by atoms with van der Waals surface area (Å²) in [6, 6.07) is 3.68. The summed E-state index contributed by atoms with van der Waals surface area (Å²) in [7, 11) is 0. The second-order valence-corrected chi connectivity index (χ2v) is 11.4. The maximum Gasteiger partial charge on any atom is 0.326 e. The lowest BCUT2D eigenvalue weighted by atomic mass is 10.0. The first-order valence-electron chi connectivity index (χ1n) is 13.7. The van der Waals surface area contributed by atoms with E-state index >= 15 is 0 Å². The van der Waals surface area contributed by atoms with Gasteiger partial charge >= 0.3 is 5.97 Å². The van der Waals surface area contributed by atoms with Crippen LogP contribution in [0, 0.1) is 5.92 Å². The van der Waals surface area contributed by atoms with Gasteiger partial charge in [-0.25, -0.2) is 4.79 Å². The van der Waals surface area contributed by atoms with Gasteiger partial charge in [-0.05, 0) is 68.2 Å². The monoisotopic (exact) mass is 576 g/mol. The summed E-state index contributed by atoms with van der Waals surface area (Å²) >= 11 is 1.48. The second kappa shape index (κ2) is 16.9. The predicted molar refractivity (Wildman–Crippen MR) is 159 cm³/mol. The van der Waals surface area contributed by atoms with E-state index in [2.05, 4.69) is 20.9 Å². The number of benzene rings is 1. The van der Waals surface area contributed by atoms with Crippen LogP contribution in [0.1, 0.15) is 51.5 Å². The largest absolute Gasteiger partial charge is 0.480 e. The number of nitrogens with one attached hydrogen (secondary N) is 4. The molecule has 0 saturated heterocycles. The molecule has 0 saturated carbocycles. The topological polar surface area (TPSA) is 192 Å². The Hall–Kier alpha value is -3.09. The number of carbonyl (C=O) groups is 4. The van der Waals surface area contributed by atoms with Crippen molar-refractivity contribution >= 4 is 46.4 Å². The fourth-order valence-electron chi connectivity index (χ4n) is 4.42. The molecule has 0 fully saturated rings. The van der Waals surface area contributed by atoms with Crippen LogP contribution in [0.25, 0.3) is 10.9 Å². The third-order valence-corrected chi connectivity index (χ3v) is 7.24. The highest BCUT2D eigenvalue weighted by atomic mass is 32.2. The standard InChI is InChI=1S/C28H44N6O5S/c1-17(2)14-20(30)25(35)32-22(10-6-7-12-29)26(36)34-24(27(37)33-23(28(38)39)11-13-40-3)15-18-16-31-21-9-5-4-8-19(18)21/h4-5,8-9,16-17,20,22-24,31H,6-7,10-15,29-30H2,1-3H3,(H,32,35)(H,33,37)(H,34,36)(H,38,39). The van der Waals surface area contributed by atoms with Gasteiger partial charge in [-0.3, -0.25) is 14.4 Å². The van der Waals surface area contributed by atoms with Crippen LogP contribution < -0.4 is 27.4 Å². The summed E-state index contributed by atoms with van der Waals surface area (Å²) in [6.45, 7) is 4.35. The van der Waals surface area contributed by atoms with Crippen LogP contribution in [0.5, 0.6) is 0 Å². The number of hydrogen-bond acceptors (Lipinski definition) is 7. The number of H-pyrrole nitrogens is 1. The number of amides is 3. The van der Waals surface area contributed by atoms with E-state index in [-0.39, 0.29) is 18.8 Å². The van der Waals surface area contributed by atoms with Crippen molar-refractivity contribution in [2.75, 3.05) is 18.6 Å². The molecule has 0 radical (unpaired) electrons. The maximum absolute atomic E-state index is 13.5. The summed E-state index contributed by atoms with van der Waals surface area (Å²) in [5, 5.41) is 18.7. The minimum absolute atomic E-state index is 0.118. The molecule has 1 aromatic carbocycles. The van der Waals surface area contributed by atoms with Crippen molar-refractivity contribution in [1.29, 1.82) is 0 Å². The Morgan fingerprint density at radius 1 is 0.950 bits per heavy atom. The number of hydrogen-bond donors (Lipinski definition) is 7. The van der Waals surface area contributed by atoms with Crippen molar-refractivity contribution in [1.82, 2.24) is 20.9 Å². The van der Waals surface area contributed by atoms with Gasteiger partial charge in [0.2, 0.25) is 17.7 Å². The number of aromatic nitrogens is 1. The van der Waals surface area contributed by atoms with E-state index in [1.165, 1.54) is 11.8 Å². The molecular formula is C28H44N6O5S. The highest BCUT2D eigenvalue weighted by Gasteiger charge is 2.31. The van der Waals surface area contributed by atoms with E-state index in [4.69, 9.17) is 11.5 Å². The first-order valence-corrected chi connectivity index (χ1v) is 15.1. The molecule has 0 bridgehead atoms. The van der Waals surface area contributed by atoms with Gasteiger partial charge < -0.3 is 37.5 Å². The van der Waals surface area contributed by atoms with Crippen molar-refractivity contribution in [3.8, 4) is 0 Å². The third-order valence-electron chi connectivity index (χ3n) is 6.60. The molecule has 2 aromatic rings. The molecule has 0 aliphatic heterocycles. The van der Waals surface area contributed by atoms with Crippen molar-refractivity contribution < 1.29 is 24.3 Å². The molecule has 11 nitrogen and oxygen atoms in total. The van der Waals surface area contributed by atoms with Crippen molar-refractivity contribution in [3.05, 3.63) is 36.0 Å². The molecule has 0 aliphatic rings. The molecular weight excluding hydrogens is 532 g/mol. The minimum Gasteiger partial charge on any atom is -0.480 e. The molecule has 4 atom stereocenters. The minimum atomic E-state index is -1.15. The van der Waals surface area contributed by atoms with Crippen LogP contribution in [0.2, 0.25) is 0 Å². The smallest absolute Gasteiger partial charge is 0.326 e. The van der Waals surface area contributed by atoms with Gasteiger partial charge in [0.05, 0.1) is 6.04 Å². The molecule has 222 valence electrons. The van der Waals surface area contributed by atoms with Gasteiger partial charge in [0.25, 0.3) is 0 Å². The number of fused-ring (bicyclic) bond motifs is 1. The molecule has 4 unspecified atom stereocenters. The summed E-state index contributed by atoms with van der Waals surface area (Å²) in [4.78, 5) is 54.7. The number of carboxylic acid groups (broad SMARTS) is 1. The van der Waals surface area contributed by atoms with Gasteiger partial charge in [-0.2, -0.15) is 11.8 Å². The Morgan fingerprint density at radius 3 is 2.25 bits per heavy atom. The normalized spacial score (nSPS) is 14.3. The lowest BCUT2D eigenvalue weighted by Crippen LogP contribution is -2.57. The van der Waals surface area contributed by atoms with Gasteiger partial charge in [0.15, 0.2) is 0 Å². The third kappa shape index (κ3) is 10.5. The van der Waals surface area contributed by atoms with Gasteiger partial charge in [0, 0.05) is 23.5 Å². The summed E-state index contributed by atoms with van der Waals surface area (Å²) in [6.07, 6.45) is 6.00. The zero-order valence-corrected chi connectivity index (χ0v) is 24.4. The number of carbonyl (C=O) groups excluding carboxylic acids is 3.